The highest BCUT2D eigenvalue weighted by molar-refractivity contribution is 5.76. The molecule has 1 amide bonds. The zero-order valence-electron chi connectivity index (χ0n) is 27.8. The maximum Gasteiger partial charge on any atom is 0.220 e. The van der Waals surface area contributed by atoms with Gasteiger partial charge >= 0.3 is 0 Å². The van der Waals surface area contributed by atoms with Crippen molar-refractivity contribution in [1.29, 1.82) is 0 Å². The van der Waals surface area contributed by atoms with Gasteiger partial charge in [-0.15, -0.1) is 0 Å². The Bertz CT molecular complexity index is 682. The second-order valence-corrected chi connectivity index (χ2v) is 11.9. The van der Waals surface area contributed by atoms with Gasteiger partial charge in [-0.3, -0.25) is 4.79 Å². The monoisotopic (exact) mass is 588 g/mol. The Kier molecular flexibility index (Phi) is 32.5. The first-order chi connectivity index (χ1) is 20.7. The number of allylic oxidation sites excluding steroid dienone is 7. The summed E-state index contributed by atoms with van der Waals surface area (Å²) in [7, 11) is 0. The lowest BCUT2D eigenvalue weighted by molar-refractivity contribution is -0.123. The third kappa shape index (κ3) is 29.8. The van der Waals surface area contributed by atoms with Crippen LogP contribution < -0.4 is 5.32 Å². The van der Waals surface area contributed by atoms with Crippen LogP contribution >= 0.6 is 0 Å². The van der Waals surface area contributed by atoms with Crippen LogP contribution in [0.15, 0.2) is 48.6 Å². The fraction of sp³-hybridized carbons (Fsp3) is 0.763. The fourth-order valence-electron chi connectivity index (χ4n) is 4.95. The number of carbonyl (C=O) groups excluding carboxylic acids is 1. The predicted molar refractivity (Wildman–Crippen MR) is 184 cm³/mol. The molecule has 0 saturated carbocycles. The van der Waals surface area contributed by atoms with Crippen LogP contribution in [0.3, 0.4) is 0 Å². The first-order valence-electron chi connectivity index (χ1n) is 17.9. The Hall–Kier alpha value is -1.65. The van der Waals surface area contributed by atoms with Crippen LogP contribution in [0.1, 0.15) is 168 Å². The number of unbranched alkanes of at least 4 members (excludes halogenated alkanes) is 18. The number of aliphatic hydroxyl groups excluding tert-OH is 2. The summed E-state index contributed by atoms with van der Waals surface area (Å²) in [5.74, 6) is -0.0902. The van der Waals surface area contributed by atoms with Gasteiger partial charge in [0.1, 0.15) is 0 Å². The topological polar surface area (TPSA) is 69.6 Å². The molecule has 0 aliphatic heterocycles. The maximum atomic E-state index is 12.3. The molecule has 0 heterocycles. The molecule has 0 spiro atoms. The minimum Gasteiger partial charge on any atom is -0.394 e. The molecule has 0 fully saturated rings. The smallest absolute Gasteiger partial charge is 0.220 e. The second-order valence-electron chi connectivity index (χ2n) is 11.9. The standard InChI is InChI=1S/C38H69NO3/c1-3-5-7-9-11-13-15-17-18-19-20-21-22-24-26-28-30-32-34-38(42)39-36(35-40)37(41)33-31-29-27-25-23-16-14-12-10-8-6-4-2/h10,12,20-21,23,25,31,33,36-37,40-41H,3-9,11,13-19,22,24,26-30,32,34-35H2,1-2H3,(H,39,42)/b12-10+,21-20-,25-23+,33-31+. The van der Waals surface area contributed by atoms with Gasteiger partial charge in [-0.1, -0.05) is 146 Å². The van der Waals surface area contributed by atoms with Gasteiger partial charge in [0.2, 0.25) is 5.91 Å². The van der Waals surface area contributed by atoms with Crippen molar-refractivity contribution in [3.05, 3.63) is 48.6 Å². The number of aliphatic hydroxyl groups is 2. The van der Waals surface area contributed by atoms with Crippen molar-refractivity contribution in [3.8, 4) is 0 Å². The van der Waals surface area contributed by atoms with Crippen molar-refractivity contribution in [1.82, 2.24) is 5.32 Å². The Morgan fingerprint density at radius 3 is 1.45 bits per heavy atom. The van der Waals surface area contributed by atoms with E-state index in [1.165, 1.54) is 96.3 Å². The molecular weight excluding hydrogens is 518 g/mol. The van der Waals surface area contributed by atoms with Gasteiger partial charge in [-0.05, 0) is 64.2 Å². The zero-order valence-corrected chi connectivity index (χ0v) is 27.8. The zero-order chi connectivity index (χ0) is 30.8. The summed E-state index contributed by atoms with van der Waals surface area (Å²) in [6.07, 6.45) is 44.8. The third-order valence-electron chi connectivity index (χ3n) is 7.76. The Balaban J connectivity index is 3.69. The number of hydrogen-bond donors (Lipinski definition) is 3. The highest BCUT2D eigenvalue weighted by atomic mass is 16.3. The van der Waals surface area contributed by atoms with Crippen molar-refractivity contribution in [2.75, 3.05) is 6.61 Å². The SMILES string of the molecule is CCCC/C=C/CC/C=C/CC/C=C/C(O)C(CO)NC(=O)CCCCCCC/C=C\CCCCCCCCCCC. The van der Waals surface area contributed by atoms with Crippen LogP contribution in [-0.2, 0) is 4.79 Å². The van der Waals surface area contributed by atoms with E-state index >= 15 is 0 Å². The fourth-order valence-corrected chi connectivity index (χ4v) is 4.95. The van der Waals surface area contributed by atoms with E-state index in [0.717, 1.165) is 51.4 Å². The molecule has 0 bridgehead atoms. The van der Waals surface area contributed by atoms with Crippen molar-refractivity contribution >= 4 is 5.91 Å². The summed E-state index contributed by atoms with van der Waals surface area (Å²) >= 11 is 0. The number of rotatable bonds is 31. The number of nitrogens with one attached hydrogen (secondary N) is 1. The van der Waals surface area contributed by atoms with Gasteiger partial charge in [-0.2, -0.15) is 0 Å². The molecule has 4 heteroatoms. The molecule has 4 nitrogen and oxygen atoms in total. The molecule has 244 valence electrons. The summed E-state index contributed by atoms with van der Waals surface area (Å²) in [5, 5.41) is 22.8. The minimum atomic E-state index is -0.871. The average Bonchev–Trinajstić information content (AvgIpc) is 2.99. The van der Waals surface area contributed by atoms with Crippen LogP contribution in [-0.4, -0.2) is 34.9 Å². The molecular formula is C38H69NO3. The van der Waals surface area contributed by atoms with Gasteiger partial charge in [0.25, 0.3) is 0 Å². The first-order valence-corrected chi connectivity index (χ1v) is 17.9. The molecule has 0 aliphatic rings. The van der Waals surface area contributed by atoms with Gasteiger partial charge in [0.15, 0.2) is 0 Å². The molecule has 0 aromatic rings. The molecule has 2 atom stereocenters. The lowest BCUT2D eigenvalue weighted by atomic mass is 10.1. The quantitative estimate of drug-likeness (QED) is 0.0558. The third-order valence-corrected chi connectivity index (χ3v) is 7.76. The van der Waals surface area contributed by atoms with E-state index in [9.17, 15) is 15.0 Å². The lowest BCUT2D eigenvalue weighted by Crippen LogP contribution is -2.45. The van der Waals surface area contributed by atoms with E-state index in [1.54, 1.807) is 6.08 Å². The van der Waals surface area contributed by atoms with E-state index in [2.05, 4.69) is 55.6 Å². The summed E-state index contributed by atoms with van der Waals surface area (Å²) in [4.78, 5) is 12.3. The highest BCUT2D eigenvalue weighted by Gasteiger charge is 2.17. The molecule has 0 radical (unpaired) electrons. The molecule has 0 rings (SSSR count). The van der Waals surface area contributed by atoms with E-state index in [4.69, 9.17) is 0 Å². The predicted octanol–water partition coefficient (Wildman–Crippen LogP) is 10.5. The molecule has 0 saturated heterocycles. The van der Waals surface area contributed by atoms with Gasteiger partial charge in [-0.25, -0.2) is 0 Å². The minimum absolute atomic E-state index is 0.0902. The summed E-state index contributed by atoms with van der Waals surface area (Å²) < 4.78 is 0. The van der Waals surface area contributed by atoms with Gasteiger partial charge in [0.05, 0.1) is 18.8 Å². The Morgan fingerprint density at radius 1 is 0.548 bits per heavy atom. The Morgan fingerprint density at radius 2 is 0.952 bits per heavy atom. The molecule has 2 unspecified atom stereocenters. The largest absolute Gasteiger partial charge is 0.394 e. The van der Waals surface area contributed by atoms with Crippen LogP contribution in [0, 0.1) is 0 Å². The number of amides is 1. The number of carbonyl (C=O) groups is 1. The van der Waals surface area contributed by atoms with Crippen molar-refractivity contribution in [2.45, 2.75) is 180 Å². The summed E-state index contributed by atoms with van der Waals surface area (Å²) in [6.45, 7) is 4.22. The van der Waals surface area contributed by atoms with E-state index in [-0.39, 0.29) is 12.5 Å². The van der Waals surface area contributed by atoms with Crippen LogP contribution in [0.2, 0.25) is 0 Å². The average molecular weight is 588 g/mol. The maximum absolute atomic E-state index is 12.3. The van der Waals surface area contributed by atoms with Gasteiger partial charge < -0.3 is 15.5 Å². The first kappa shape index (κ1) is 40.4. The van der Waals surface area contributed by atoms with E-state index in [1.807, 2.05) is 6.08 Å². The van der Waals surface area contributed by atoms with Crippen LogP contribution in [0.4, 0.5) is 0 Å². The van der Waals surface area contributed by atoms with Gasteiger partial charge in [0, 0.05) is 6.42 Å². The second kappa shape index (κ2) is 33.8. The molecule has 42 heavy (non-hydrogen) atoms. The normalized spacial score (nSPS) is 13.7. The lowest BCUT2D eigenvalue weighted by Gasteiger charge is -2.19. The molecule has 0 aromatic heterocycles. The van der Waals surface area contributed by atoms with Crippen molar-refractivity contribution in [3.63, 3.8) is 0 Å². The summed E-state index contributed by atoms with van der Waals surface area (Å²) in [6, 6.07) is -0.647. The Labute approximate surface area is 261 Å². The molecule has 0 aliphatic carbocycles. The van der Waals surface area contributed by atoms with Crippen LogP contribution in [0.25, 0.3) is 0 Å². The van der Waals surface area contributed by atoms with Crippen LogP contribution in [0.5, 0.6) is 0 Å². The highest BCUT2D eigenvalue weighted by Crippen LogP contribution is 2.12. The van der Waals surface area contributed by atoms with Crippen molar-refractivity contribution in [2.24, 2.45) is 0 Å². The van der Waals surface area contributed by atoms with E-state index in [0.29, 0.717) is 6.42 Å². The summed E-state index contributed by atoms with van der Waals surface area (Å²) in [5.41, 5.74) is 0. The molecule has 3 N–H and O–H groups in total. The number of hydrogen-bond acceptors (Lipinski definition) is 3. The van der Waals surface area contributed by atoms with E-state index < -0.39 is 12.1 Å². The molecule has 0 aromatic carbocycles. The van der Waals surface area contributed by atoms with Crippen molar-refractivity contribution < 1.29 is 15.0 Å².